The molecule has 0 spiro atoms. The van der Waals surface area contributed by atoms with Crippen LogP contribution in [-0.2, 0) is 26.4 Å². The van der Waals surface area contributed by atoms with E-state index in [1.165, 1.54) is 0 Å². The van der Waals surface area contributed by atoms with Gasteiger partial charge in [0.05, 0.1) is 0 Å². The normalized spacial score (nSPS) is 10.0. The molecule has 0 atom stereocenters. The first-order valence-corrected chi connectivity index (χ1v) is 5.06. The molecule has 0 saturated carbocycles. The van der Waals surface area contributed by atoms with Crippen molar-refractivity contribution in [1.82, 2.24) is 7.54 Å². The Balaban J connectivity index is 3.14. The van der Waals surface area contributed by atoms with E-state index >= 15 is 0 Å². The molecular weight excluding hydrogens is 312 g/mol. The maximum absolute atomic E-state index is 5.63. The Morgan fingerprint density at radius 3 is 2.62 bits per heavy atom. The average molecular weight is 316 g/mol. The summed E-state index contributed by atoms with van der Waals surface area (Å²) in [5.41, 5.74) is 1.07. The van der Waals surface area contributed by atoms with E-state index in [1.54, 1.807) is 0 Å². The van der Waals surface area contributed by atoms with Gasteiger partial charge in [-0.15, -0.1) is 0 Å². The van der Waals surface area contributed by atoms with Crippen LogP contribution in [-0.4, -0.2) is 7.54 Å². The molecule has 2 nitrogen and oxygen atoms in total. The molecule has 1 aromatic rings. The molecule has 4 heteroatoms. The predicted molar refractivity (Wildman–Crippen MR) is 27.4 cm³/mol. The van der Waals surface area contributed by atoms with E-state index in [9.17, 15) is 0 Å². The quantitative estimate of drug-likeness (QED) is 0.657. The van der Waals surface area contributed by atoms with Crippen molar-refractivity contribution in [2.24, 2.45) is 0 Å². The molecule has 1 heterocycles. The Kier molecular flexibility index (Phi) is 1.93. The minimum absolute atomic E-state index is 0.542. The number of nitrogens with zero attached hydrogens (tertiary/aromatic N) is 2. The van der Waals surface area contributed by atoms with Crippen LogP contribution in [0, 0.1) is 6.92 Å². The summed E-state index contributed by atoms with van der Waals surface area (Å²) >= 11 is 6.17. The Morgan fingerprint density at radius 1 is 1.88 bits per heavy atom. The van der Waals surface area contributed by atoms with Crippen LogP contribution in [0.15, 0.2) is 6.20 Å². The molecule has 0 aromatic carbocycles. The topological polar surface area (TPSA) is 17.8 Å². The molecule has 39 valence electrons. The second kappa shape index (κ2) is 2.35. The van der Waals surface area contributed by atoms with Crippen LogP contribution in [0.2, 0.25) is 5.15 Å². The van der Waals surface area contributed by atoms with Crippen molar-refractivity contribution >= 4 is 11.6 Å². The third-order valence-electron chi connectivity index (χ3n) is 0.884. The van der Waals surface area contributed by atoms with E-state index in [1.807, 2.05) is 15.6 Å². The third-order valence-corrected chi connectivity index (χ3v) is 2.52. The summed E-state index contributed by atoms with van der Waals surface area (Å²) in [7, 11) is 0. The summed E-state index contributed by atoms with van der Waals surface area (Å²) < 4.78 is 1.89. The van der Waals surface area contributed by atoms with Crippen LogP contribution in [0.3, 0.4) is 0 Å². The van der Waals surface area contributed by atoms with E-state index in [4.69, 9.17) is 11.6 Å². The molecule has 8 heavy (non-hydrogen) atoms. The van der Waals surface area contributed by atoms with Crippen LogP contribution < -0.4 is 0 Å². The fourth-order valence-electron chi connectivity index (χ4n) is 0.497. The molecule has 0 aliphatic heterocycles. The number of aryl methyl sites for hydroxylation is 1. The standard InChI is InChI=1S/C4H4ClN2.Hg/c1-3-2-6-7-4(3)5;/h2H,1H3;/q-1;+1. The van der Waals surface area contributed by atoms with E-state index < -0.39 is 0 Å². The maximum atomic E-state index is 5.63. The zero-order chi connectivity index (χ0) is 6.15. The van der Waals surface area contributed by atoms with Gasteiger partial charge in [0.15, 0.2) is 0 Å². The number of halogens is 1. The van der Waals surface area contributed by atoms with Crippen molar-refractivity contribution < 1.29 is 26.4 Å². The van der Waals surface area contributed by atoms with Gasteiger partial charge in [-0.05, 0) is 0 Å². The number of hydrogen-bond acceptors (Lipinski definition) is 1. The Bertz CT molecular complexity index is 176. The summed E-state index contributed by atoms with van der Waals surface area (Å²) in [5.74, 6) is 0. The molecule has 0 amide bonds. The summed E-state index contributed by atoms with van der Waals surface area (Å²) in [4.78, 5) is 0. The number of rotatable bonds is 0. The molecular formula is C4H4ClHgN2. The van der Waals surface area contributed by atoms with Crippen molar-refractivity contribution in [1.29, 1.82) is 0 Å². The average Bonchev–Trinajstić information content (AvgIpc) is 1.85. The summed E-state index contributed by atoms with van der Waals surface area (Å²) in [6.45, 7) is 1.96. The number of hydrogen-bond donors (Lipinski definition) is 0. The molecule has 0 fully saturated rings. The van der Waals surface area contributed by atoms with Crippen LogP contribution in [0.1, 0.15) is 5.56 Å². The van der Waals surface area contributed by atoms with Gasteiger partial charge in [0.2, 0.25) is 0 Å². The summed E-state index contributed by atoms with van der Waals surface area (Å²) in [5, 5.41) is 4.62. The Morgan fingerprint density at radius 2 is 2.50 bits per heavy atom. The van der Waals surface area contributed by atoms with Gasteiger partial charge in [-0.25, -0.2) is 0 Å². The molecule has 1 rings (SSSR count). The Hall–Kier alpha value is 0.435. The predicted octanol–water partition coefficient (Wildman–Crippen LogP) is 1.15. The van der Waals surface area contributed by atoms with Gasteiger partial charge in [-0.3, -0.25) is 0 Å². The van der Waals surface area contributed by atoms with E-state index in [-0.39, 0.29) is 0 Å². The van der Waals surface area contributed by atoms with Gasteiger partial charge in [0.1, 0.15) is 0 Å². The van der Waals surface area contributed by atoms with Gasteiger partial charge in [0.25, 0.3) is 0 Å². The summed E-state index contributed by atoms with van der Waals surface area (Å²) in [6, 6.07) is 0. The fraction of sp³-hybridized carbons (Fsp3) is 0.250. The third kappa shape index (κ3) is 1.23. The molecule has 0 bridgehead atoms. The van der Waals surface area contributed by atoms with Gasteiger partial charge < -0.3 is 0 Å². The molecule has 0 unspecified atom stereocenters. The molecule has 0 saturated heterocycles. The van der Waals surface area contributed by atoms with Crippen molar-refractivity contribution in [3.05, 3.63) is 16.9 Å². The molecule has 0 N–H and O–H groups in total. The monoisotopic (exact) mass is 317 g/mol. The van der Waals surface area contributed by atoms with Crippen LogP contribution >= 0.6 is 11.6 Å². The first-order chi connectivity index (χ1) is 3.70. The van der Waals surface area contributed by atoms with Crippen molar-refractivity contribution in [3.63, 3.8) is 0 Å². The van der Waals surface area contributed by atoms with Crippen LogP contribution in [0.25, 0.3) is 0 Å². The molecule has 0 radical (unpaired) electrons. The Labute approximate surface area is 69.2 Å². The van der Waals surface area contributed by atoms with Gasteiger partial charge in [0, 0.05) is 0 Å². The fourth-order valence-corrected chi connectivity index (χ4v) is 2.61. The van der Waals surface area contributed by atoms with Gasteiger partial charge in [-0.1, -0.05) is 0 Å². The van der Waals surface area contributed by atoms with E-state index in [2.05, 4.69) is 5.10 Å². The zero-order valence-corrected chi connectivity index (χ0v) is 10.8. The van der Waals surface area contributed by atoms with Crippen LogP contribution in [0.5, 0.6) is 0 Å². The summed E-state index contributed by atoms with van der Waals surface area (Å²) in [6.07, 6.45) is 1.96. The second-order valence-electron chi connectivity index (χ2n) is 1.64. The van der Waals surface area contributed by atoms with Gasteiger partial charge in [-0.2, -0.15) is 0 Å². The first kappa shape index (κ1) is 6.55. The molecule has 0 aliphatic rings. The van der Waals surface area contributed by atoms with Crippen LogP contribution in [0.4, 0.5) is 0 Å². The van der Waals surface area contributed by atoms with Crippen molar-refractivity contribution in [2.75, 3.05) is 0 Å². The molecule has 1 aromatic heterocycles. The molecule has 0 aliphatic carbocycles. The number of aromatic nitrogens is 2. The second-order valence-corrected chi connectivity index (χ2v) is 4.52. The SMILES string of the molecule is Cc1c[n]([Hg])nc1Cl. The van der Waals surface area contributed by atoms with E-state index in [0.29, 0.717) is 31.6 Å². The van der Waals surface area contributed by atoms with Crippen molar-refractivity contribution in [2.45, 2.75) is 6.92 Å². The van der Waals surface area contributed by atoms with Gasteiger partial charge >= 0.3 is 69.4 Å². The van der Waals surface area contributed by atoms with E-state index in [0.717, 1.165) is 5.56 Å². The first-order valence-electron chi connectivity index (χ1n) is 2.23. The minimum atomic E-state index is 0.542. The zero-order valence-electron chi connectivity index (χ0n) is 4.56. The van der Waals surface area contributed by atoms with Crippen molar-refractivity contribution in [3.8, 4) is 0 Å².